The van der Waals surface area contributed by atoms with Gasteiger partial charge in [0.2, 0.25) is 0 Å². The van der Waals surface area contributed by atoms with Crippen LogP contribution in [0, 0.1) is 3.57 Å². The van der Waals surface area contributed by atoms with E-state index < -0.39 is 24.4 Å². The first-order valence-electron chi connectivity index (χ1n) is 3.86. The summed E-state index contributed by atoms with van der Waals surface area (Å²) < 4.78 is 25.4. The minimum Gasteiger partial charge on any atom is -0.481 e. The second-order valence-electron chi connectivity index (χ2n) is 2.76. The fourth-order valence-corrected chi connectivity index (χ4v) is 1.75. The number of anilines is 1. The van der Waals surface area contributed by atoms with E-state index in [1.807, 2.05) is 0 Å². The molecule has 0 aromatic carbocycles. The summed E-state index contributed by atoms with van der Waals surface area (Å²) in [6, 6.07) is 0. The van der Waals surface area contributed by atoms with E-state index in [2.05, 4.69) is 4.98 Å². The maximum Gasteiger partial charge on any atom is 0.309 e. The molecule has 15 heavy (non-hydrogen) atoms. The van der Waals surface area contributed by atoms with Gasteiger partial charge in [-0.05, 0) is 22.6 Å². The molecule has 7 heteroatoms. The molecule has 0 saturated carbocycles. The number of carboxylic acid groups (broad SMARTS) is 1. The molecule has 0 amide bonds. The molecule has 1 aromatic heterocycles. The van der Waals surface area contributed by atoms with Gasteiger partial charge in [-0.15, -0.1) is 0 Å². The van der Waals surface area contributed by atoms with Gasteiger partial charge in [0.15, 0.2) is 0 Å². The van der Waals surface area contributed by atoms with Gasteiger partial charge >= 0.3 is 5.97 Å². The Kier molecular flexibility index (Phi) is 3.77. The Balaban J connectivity index is 3.26. The van der Waals surface area contributed by atoms with E-state index in [9.17, 15) is 13.6 Å². The second-order valence-corrected chi connectivity index (χ2v) is 3.84. The number of carbonyl (C=O) groups is 1. The third kappa shape index (κ3) is 2.74. The van der Waals surface area contributed by atoms with Crippen LogP contribution in [0.2, 0.25) is 0 Å². The Morgan fingerprint density at radius 2 is 2.27 bits per heavy atom. The highest BCUT2D eigenvalue weighted by Gasteiger charge is 2.21. The van der Waals surface area contributed by atoms with E-state index in [4.69, 9.17) is 10.8 Å². The van der Waals surface area contributed by atoms with Crippen molar-refractivity contribution in [2.45, 2.75) is 12.8 Å². The normalized spacial score (nSPS) is 10.7. The first-order chi connectivity index (χ1) is 6.93. The maximum absolute atomic E-state index is 12.6. The number of pyridine rings is 1. The molecule has 0 aliphatic heterocycles. The summed E-state index contributed by atoms with van der Waals surface area (Å²) in [5, 5.41) is 8.51. The van der Waals surface area contributed by atoms with Crippen molar-refractivity contribution in [2.24, 2.45) is 0 Å². The molecule has 0 aliphatic carbocycles. The summed E-state index contributed by atoms with van der Waals surface area (Å²) in [6.45, 7) is 0. The van der Waals surface area contributed by atoms with E-state index in [0.29, 0.717) is 0 Å². The van der Waals surface area contributed by atoms with Crippen LogP contribution in [0.1, 0.15) is 17.7 Å². The second kappa shape index (κ2) is 4.69. The van der Waals surface area contributed by atoms with Crippen molar-refractivity contribution in [3.63, 3.8) is 0 Å². The van der Waals surface area contributed by atoms with Gasteiger partial charge in [0, 0.05) is 3.57 Å². The molecule has 0 radical (unpaired) electrons. The Morgan fingerprint density at radius 1 is 1.67 bits per heavy atom. The summed E-state index contributed by atoms with van der Waals surface area (Å²) in [4.78, 5) is 14.0. The number of nitrogens with zero attached hydrogens (tertiary/aromatic N) is 1. The van der Waals surface area contributed by atoms with E-state index in [1.54, 1.807) is 22.6 Å². The van der Waals surface area contributed by atoms with Gasteiger partial charge in [0.25, 0.3) is 6.43 Å². The molecule has 1 aromatic rings. The molecule has 4 nitrogen and oxygen atoms in total. The molecule has 0 unspecified atom stereocenters. The lowest BCUT2D eigenvalue weighted by Gasteiger charge is -2.10. The number of carboxylic acids is 1. The lowest BCUT2D eigenvalue weighted by molar-refractivity contribution is -0.136. The number of hydrogen-bond acceptors (Lipinski definition) is 3. The standard InChI is InChI=1S/C8H7F2IN2O2/c9-8(10)6-4(1-5(14)15)13-2-3(12)7(6)11/h2,8H,1,12H2,(H,14,15). The van der Waals surface area contributed by atoms with Crippen LogP contribution in [0.4, 0.5) is 14.5 Å². The molecule has 0 saturated heterocycles. The zero-order chi connectivity index (χ0) is 11.6. The Bertz CT molecular complexity index is 398. The molecule has 3 N–H and O–H groups in total. The van der Waals surface area contributed by atoms with Crippen molar-refractivity contribution < 1.29 is 18.7 Å². The summed E-state index contributed by atoms with van der Waals surface area (Å²) >= 11 is 1.65. The zero-order valence-corrected chi connectivity index (χ0v) is 9.53. The SMILES string of the molecule is Nc1cnc(CC(=O)O)c(C(F)F)c1I. The van der Waals surface area contributed by atoms with E-state index in [0.717, 1.165) is 0 Å². The Labute approximate surface area is 97.6 Å². The molecule has 1 rings (SSSR count). The first kappa shape index (κ1) is 12.1. The molecule has 0 aliphatic rings. The largest absolute Gasteiger partial charge is 0.481 e. The average Bonchev–Trinajstić information content (AvgIpc) is 2.10. The summed E-state index contributed by atoms with van der Waals surface area (Å²) in [5.74, 6) is -1.20. The van der Waals surface area contributed by atoms with Crippen LogP contribution in [0.3, 0.4) is 0 Å². The lowest BCUT2D eigenvalue weighted by Crippen LogP contribution is -2.09. The zero-order valence-electron chi connectivity index (χ0n) is 7.38. The van der Waals surface area contributed by atoms with E-state index >= 15 is 0 Å². The van der Waals surface area contributed by atoms with Crippen molar-refractivity contribution in [2.75, 3.05) is 5.73 Å². The Morgan fingerprint density at radius 3 is 2.73 bits per heavy atom. The van der Waals surface area contributed by atoms with Crippen LogP contribution in [0.15, 0.2) is 6.20 Å². The van der Waals surface area contributed by atoms with Crippen molar-refractivity contribution in [3.8, 4) is 0 Å². The van der Waals surface area contributed by atoms with Crippen molar-refractivity contribution in [1.82, 2.24) is 4.98 Å². The molecule has 0 atom stereocenters. The third-order valence-electron chi connectivity index (χ3n) is 1.70. The van der Waals surface area contributed by atoms with Gasteiger partial charge in [0.1, 0.15) is 0 Å². The highest BCUT2D eigenvalue weighted by atomic mass is 127. The number of aromatic nitrogens is 1. The minimum atomic E-state index is -2.78. The number of aliphatic carboxylic acids is 1. The Hall–Kier alpha value is -0.990. The number of alkyl halides is 2. The quantitative estimate of drug-likeness (QED) is 0.830. The molecular formula is C8H7F2IN2O2. The van der Waals surface area contributed by atoms with Crippen molar-refractivity contribution >= 4 is 34.2 Å². The van der Waals surface area contributed by atoms with Crippen LogP contribution in [-0.4, -0.2) is 16.1 Å². The van der Waals surface area contributed by atoms with Gasteiger partial charge in [-0.25, -0.2) is 8.78 Å². The van der Waals surface area contributed by atoms with Gasteiger partial charge in [0.05, 0.1) is 29.6 Å². The predicted molar refractivity (Wildman–Crippen MR) is 57.7 cm³/mol. The molecule has 0 spiro atoms. The fraction of sp³-hybridized carbons (Fsp3) is 0.250. The van der Waals surface area contributed by atoms with E-state index in [-0.39, 0.29) is 15.0 Å². The summed E-state index contributed by atoms with van der Waals surface area (Å²) in [5.41, 5.74) is 5.00. The molecule has 0 bridgehead atoms. The number of halogens is 3. The third-order valence-corrected chi connectivity index (χ3v) is 2.90. The minimum absolute atomic E-state index is 0.125. The van der Waals surface area contributed by atoms with Crippen LogP contribution in [-0.2, 0) is 11.2 Å². The predicted octanol–water partition coefficient (Wildman–Crippen LogP) is 1.83. The van der Waals surface area contributed by atoms with Crippen molar-refractivity contribution in [1.29, 1.82) is 0 Å². The molecule has 82 valence electrons. The maximum atomic E-state index is 12.6. The topological polar surface area (TPSA) is 76.2 Å². The number of nitrogens with two attached hydrogens (primary N) is 1. The van der Waals surface area contributed by atoms with E-state index in [1.165, 1.54) is 6.20 Å². The fourth-order valence-electron chi connectivity index (χ4n) is 1.06. The summed E-state index contributed by atoms with van der Waals surface area (Å²) in [6.07, 6.45) is -2.12. The average molecular weight is 328 g/mol. The van der Waals surface area contributed by atoms with Gasteiger partial charge in [-0.3, -0.25) is 9.78 Å². The van der Waals surface area contributed by atoms with Crippen molar-refractivity contribution in [3.05, 3.63) is 21.0 Å². The van der Waals surface area contributed by atoms with Crippen LogP contribution in [0.25, 0.3) is 0 Å². The highest BCUT2D eigenvalue weighted by Crippen LogP contribution is 2.30. The monoisotopic (exact) mass is 328 g/mol. The van der Waals surface area contributed by atoms with Crippen LogP contribution < -0.4 is 5.73 Å². The number of hydrogen-bond donors (Lipinski definition) is 2. The van der Waals surface area contributed by atoms with Gasteiger partial charge < -0.3 is 10.8 Å². The lowest BCUT2D eigenvalue weighted by atomic mass is 10.1. The molecule has 0 fully saturated rings. The first-order valence-corrected chi connectivity index (χ1v) is 4.94. The number of rotatable bonds is 3. The highest BCUT2D eigenvalue weighted by molar-refractivity contribution is 14.1. The van der Waals surface area contributed by atoms with Crippen LogP contribution in [0.5, 0.6) is 0 Å². The summed E-state index contributed by atoms with van der Waals surface area (Å²) in [7, 11) is 0. The molecule has 1 heterocycles. The van der Waals surface area contributed by atoms with Gasteiger partial charge in [-0.1, -0.05) is 0 Å². The van der Waals surface area contributed by atoms with Gasteiger partial charge in [-0.2, -0.15) is 0 Å². The smallest absolute Gasteiger partial charge is 0.309 e. The molecular weight excluding hydrogens is 321 g/mol. The van der Waals surface area contributed by atoms with Crippen LogP contribution >= 0.6 is 22.6 Å². The number of nitrogen functional groups attached to an aromatic ring is 1.